The monoisotopic (exact) mass is 296 g/mol. The van der Waals surface area contributed by atoms with Crippen LogP contribution in [0.15, 0.2) is 18.2 Å². The summed E-state index contributed by atoms with van der Waals surface area (Å²) in [6, 6.07) is 6.17. The topological polar surface area (TPSA) is 36.3 Å². The van der Waals surface area contributed by atoms with Crippen molar-refractivity contribution in [2.75, 3.05) is 26.9 Å². The maximum Gasteiger partial charge on any atom is 0.124 e. The standard InChI is InChI=1S/C15H21ClN2O2/c1-12-5-3-6-13-15(12)18(14(11-16)17-13)7-4-8-20-10-9-19-2/h3,5-6H,4,7-11H2,1-2H3. The van der Waals surface area contributed by atoms with Crippen molar-refractivity contribution < 1.29 is 9.47 Å². The van der Waals surface area contributed by atoms with Crippen molar-refractivity contribution in [3.8, 4) is 0 Å². The molecule has 0 amide bonds. The van der Waals surface area contributed by atoms with Crippen LogP contribution in [0.25, 0.3) is 11.0 Å². The Labute approximate surface area is 124 Å². The summed E-state index contributed by atoms with van der Waals surface area (Å²) < 4.78 is 12.6. The Hall–Kier alpha value is -1.10. The first-order chi connectivity index (χ1) is 9.77. The Bertz CT molecular complexity index is 554. The van der Waals surface area contributed by atoms with Crippen molar-refractivity contribution in [2.45, 2.75) is 25.8 Å². The zero-order valence-electron chi connectivity index (χ0n) is 12.1. The molecule has 20 heavy (non-hydrogen) atoms. The summed E-state index contributed by atoms with van der Waals surface area (Å²) in [6.07, 6.45) is 0.938. The molecule has 2 rings (SSSR count). The molecule has 0 aliphatic heterocycles. The number of aryl methyl sites for hydroxylation is 2. The van der Waals surface area contributed by atoms with Crippen molar-refractivity contribution in [1.82, 2.24) is 9.55 Å². The van der Waals surface area contributed by atoms with E-state index in [0.29, 0.717) is 19.1 Å². The Morgan fingerprint density at radius 3 is 2.85 bits per heavy atom. The number of hydrogen-bond donors (Lipinski definition) is 0. The molecule has 110 valence electrons. The van der Waals surface area contributed by atoms with E-state index in [2.05, 4.69) is 22.5 Å². The molecule has 1 heterocycles. The lowest BCUT2D eigenvalue weighted by Crippen LogP contribution is -2.08. The number of halogens is 1. The number of benzene rings is 1. The Kier molecular flexibility index (Phi) is 5.83. The number of ether oxygens (including phenoxy) is 2. The van der Waals surface area contributed by atoms with Crippen LogP contribution in [0.4, 0.5) is 0 Å². The number of imidazole rings is 1. The molecule has 1 aromatic carbocycles. The summed E-state index contributed by atoms with van der Waals surface area (Å²) in [4.78, 5) is 4.59. The molecule has 0 N–H and O–H groups in total. The van der Waals surface area contributed by atoms with Crippen LogP contribution >= 0.6 is 11.6 Å². The largest absolute Gasteiger partial charge is 0.382 e. The first-order valence-corrected chi connectivity index (χ1v) is 7.38. The van der Waals surface area contributed by atoms with Crippen LogP contribution in [0.2, 0.25) is 0 Å². The first kappa shape index (κ1) is 15.3. The van der Waals surface area contributed by atoms with Crippen LogP contribution in [-0.2, 0) is 21.9 Å². The molecule has 0 radical (unpaired) electrons. The van der Waals surface area contributed by atoms with Crippen LogP contribution < -0.4 is 0 Å². The average molecular weight is 297 g/mol. The second-order valence-corrected chi connectivity index (χ2v) is 4.98. The van der Waals surface area contributed by atoms with Gasteiger partial charge in [0.15, 0.2) is 0 Å². The number of alkyl halides is 1. The minimum atomic E-state index is 0.429. The SMILES string of the molecule is COCCOCCCn1c(CCl)nc2cccc(C)c21. The predicted octanol–water partition coefficient (Wildman–Crippen LogP) is 3.14. The summed E-state index contributed by atoms with van der Waals surface area (Å²) in [5, 5.41) is 0. The van der Waals surface area contributed by atoms with Gasteiger partial charge in [-0.3, -0.25) is 0 Å². The van der Waals surface area contributed by atoms with E-state index in [1.54, 1.807) is 7.11 Å². The van der Waals surface area contributed by atoms with Gasteiger partial charge in [-0.2, -0.15) is 0 Å². The van der Waals surface area contributed by atoms with Crippen LogP contribution in [0.1, 0.15) is 17.8 Å². The molecule has 0 saturated carbocycles. The maximum atomic E-state index is 6.01. The highest BCUT2D eigenvalue weighted by Gasteiger charge is 2.11. The molecule has 0 spiro atoms. The van der Waals surface area contributed by atoms with Gasteiger partial charge in [-0.05, 0) is 25.0 Å². The number of nitrogens with zero attached hydrogens (tertiary/aromatic N) is 2. The van der Waals surface area contributed by atoms with E-state index in [-0.39, 0.29) is 0 Å². The van der Waals surface area contributed by atoms with Crippen molar-refractivity contribution in [1.29, 1.82) is 0 Å². The van der Waals surface area contributed by atoms with E-state index >= 15 is 0 Å². The molecular formula is C15H21ClN2O2. The summed E-state index contributed by atoms with van der Waals surface area (Å²) >= 11 is 6.01. The van der Waals surface area contributed by atoms with E-state index < -0.39 is 0 Å². The molecule has 5 heteroatoms. The Morgan fingerprint density at radius 1 is 1.25 bits per heavy atom. The molecule has 1 aromatic heterocycles. The number of para-hydroxylation sites is 1. The summed E-state index contributed by atoms with van der Waals surface area (Å²) in [7, 11) is 1.68. The van der Waals surface area contributed by atoms with Gasteiger partial charge >= 0.3 is 0 Å². The lowest BCUT2D eigenvalue weighted by Gasteiger charge is -2.09. The lowest BCUT2D eigenvalue weighted by molar-refractivity contribution is 0.0680. The highest BCUT2D eigenvalue weighted by atomic mass is 35.5. The van der Waals surface area contributed by atoms with Gasteiger partial charge in [0.05, 0.1) is 30.1 Å². The minimum absolute atomic E-state index is 0.429. The molecule has 0 aliphatic carbocycles. The highest BCUT2D eigenvalue weighted by molar-refractivity contribution is 6.16. The molecule has 0 saturated heterocycles. The van der Waals surface area contributed by atoms with E-state index in [9.17, 15) is 0 Å². The fourth-order valence-corrected chi connectivity index (χ4v) is 2.53. The van der Waals surface area contributed by atoms with Gasteiger partial charge in [0.25, 0.3) is 0 Å². The van der Waals surface area contributed by atoms with Crippen LogP contribution in [-0.4, -0.2) is 36.5 Å². The van der Waals surface area contributed by atoms with Gasteiger partial charge in [0.1, 0.15) is 5.82 Å². The molecule has 0 bridgehead atoms. The quantitative estimate of drug-likeness (QED) is 0.555. The number of rotatable bonds is 8. The zero-order chi connectivity index (χ0) is 14.4. The average Bonchev–Trinajstić information content (AvgIpc) is 2.82. The van der Waals surface area contributed by atoms with E-state index in [0.717, 1.165) is 30.9 Å². The summed E-state index contributed by atoms with van der Waals surface area (Å²) in [6.45, 7) is 4.98. The fraction of sp³-hybridized carbons (Fsp3) is 0.533. The van der Waals surface area contributed by atoms with Gasteiger partial charge in [-0.25, -0.2) is 4.98 Å². The summed E-state index contributed by atoms with van der Waals surface area (Å²) in [5.74, 6) is 1.35. The normalized spacial score (nSPS) is 11.3. The van der Waals surface area contributed by atoms with Gasteiger partial charge in [-0.15, -0.1) is 11.6 Å². The Morgan fingerprint density at radius 2 is 2.10 bits per heavy atom. The maximum absolute atomic E-state index is 6.01. The molecule has 0 unspecified atom stereocenters. The molecule has 0 aliphatic rings. The predicted molar refractivity (Wildman–Crippen MR) is 81.3 cm³/mol. The molecule has 0 atom stereocenters. The second-order valence-electron chi connectivity index (χ2n) is 4.71. The first-order valence-electron chi connectivity index (χ1n) is 6.85. The van der Waals surface area contributed by atoms with Crippen molar-refractivity contribution in [3.05, 3.63) is 29.6 Å². The van der Waals surface area contributed by atoms with Crippen molar-refractivity contribution >= 4 is 22.6 Å². The van der Waals surface area contributed by atoms with Gasteiger partial charge < -0.3 is 14.0 Å². The zero-order valence-corrected chi connectivity index (χ0v) is 12.8. The van der Waals surface area contributed by atoms with E-state index in [1.165, 1.54) is 11.1 Å². The highest BCUT2D eigenvalue weighted by Crippen LogP contribution is 2.21. The van der Waals surface area contributed by atoms with Crippen molar-refractivity contribution in [2.24, 2.45) is 0 Å². The number of hydrogen-bond acceptors (Lipinski definition) is 3. The van der Waals surface area contributed by atoms with Crippen LogP contribution in [0.5, 0.6) is 0 Å². The van der Waals surface area contributed by atoms with Gasteiger partial charge in [0, 0.05) is 20.3 Å². The number of fused-ring (bicyclic) bond motifs is 1. The number of aromatic nitrogens is 2. The smallest absolute Gasteiger partial charge is 0.124 e. The minimum Gasteiger partial charge on any atom is -0.382 e. The molecule has 2 aromatic rings. The number of methoxy groups -OCH3 is 1. The summed E-state index contributed by atoms with van der Waals surface area (Å²) in [5.41, 5.74) is 3.42. The molecule has 0 fully saturated rings. The second kappa shape index (κ2) is 7.62. The van der Waals surface area contributed by atoms with Gasteiger partial charge in [-0.1, -0.05) is 12.1 Å². The van der Waals surface area contributed by atoms with E-state index in [4.69, 9.17) is 21.1 Å². The van der Waals surface area contributed by atoms with Gasteiger partial charge in [0.2, 0.25) is 0 Å². The van der Waals surface area contributed by atoms with Crippen LogP contribution in [0.3, 0.4) is 0 Å². The fourth-order valence-electron chi connectivity index (χ4n) is 2.33. The lowest BCUT2D eigenvalue weighted by atomic mass is 10.2. The molecule has 4 nitrogen and oxygen atoms in total. The Balaban J connectivity index is 2.04. The van der Waals surface area contributed by atoms with Crippen molar-refractivity contribution in [3.63, 3.8) is 0 Å². The third-order valence-electron chi connectivity index (χ3n) is 3.27. The molecular weight excluding hydrogens is 276 g/mol. The van der Waals surface area contributed by atoms with E-state index in [1.807, 2.05) is 12.1 Å². The van der Waals surface area contributed by atoms with Crippen LogP contribution in [0, 0.1) is 6.92 Å². The third kappa shape index (κ3) is 3.51. The third-order valence-corrected chi connectivity index (χ3v) is 3.51.